The van der Waals surface area contributed by atoms with E-state index >= 15 is 0 Å². The predicted molar refractivity (Wildman–Crippen MR) is 138 cm³/mol. The van der Waals surface area contributed by atoms with Gasteiger partial charge in [0.25, 0.3) is 11.8 Å². The minimum Gasteiger partial charge on any atom is -0.365 e. The van der Waals surface area contributed by atoms with E-state index in [-0.39, 0.29) is 17.9 Å². The number of hydrogen-bond donors (Lipinski definition) is 0. The van der Waals surface area contributed by atoms with E-state index in [2.05, 4.69) is 12.1 Å². The van der Waals surface area contributed by atoms with Crippen LogP contribution in [0.25, 0.3) is 5.57 Å². The third-order valence-electron chi connectivity index (χ3n) is 7.24. The van der Waals surface area contributed by atoms with Crippen molar-refractivity contribution in [3.05, 3.63) is 77.5 Å². The summed E-state index contributed by atoms with van der Waals surface area (Å²) in [6.45, 7) is 0.587. The molecule has 34 heavy (non-hydrogen) atoms. The molecule has 0 radical (unpaired) electrons. The van der Waals surface area contributed by atoms with Crippen molar-refractivity contribution in [3.8, 4) is 0 Å². The van der Waals surface area contributed by atoms with Crippen molar-refractivity contribution < 1.29 is 9.59 Å². The van der Waals surface area contributed by atoms with E-state index in [4.69, 9.17) is 0 Å². The molecular weight excluding hydrogens is 420 g/mol. The van der Waals surface area contributed by atoms with E-state index in [0.717, 1.165) is 36.8 Å². The molecule has 2 amide bonds. The molecule has 0 spiro atoms. The zero-order valence-corrected chi connectivity index (χ0v) is 20.5. The predicted octanol–water partition coefficient (Wildman–Crippen LogP) is 6.57. The summed E-state index contributed by atoms with van der Waals surface area (Å²) < 4.78 is 0. The molecule has 0 saturated heterocycles. The SMILES string of the molecule is CN(Cc1ccccc1)C1=C(c2ccccc2)C(=O)N(C2CCCCCCCCCCC2)C1=O. The topological polar surface area (TPSA) is 40.6 Å². The van der Waals surface area contributed by atoms with Crippen molar-refractivity contribution in [2.75, 3.05) is 7.05 Å². The zero-order chi connectivity index (χ0) is 23.8. The minimum atomic E-state index is -0.126. The summed E-state index contributed by atoms with van der Waals surface area (Å²) in [7, 11) is 1.93. The number of rotatable bonds is 5. The standard InChI is InChI=1S/C30H38N2O2/c1-31(23-24-17-11-9-12-18-24)28-27(25-19-13-10-14-20-25)29(33)32(30(28)34)26-21-15-7-5-3-2-4-6-8-16-22-26/h9-14,17-20,26H,2-8,15-16,21-23H2,1H3. The van der Waals surface area contributed by atoms with Crippen LogP contribution in [0.15, 0.2) is 66.4 Å². The van der Waals surface area contributed by atoms with Gasteiger partial charge in [-0.15, -0.1) is 0 Å². The number of carbonyl (C=O) groups is 2. The molecule has 4 rings (SSSR count). The third-order valence-corrected chi connectivity index (χ3v) is 7.24. The Kier molecular flexibility index (Phi) is 8.56. The molecule has 0 N–H and O–H groups in total. The number of imide groups is 1. The van der Waals surface area contributed by atoms with Gasteiger partial charge in [0.05, 0.1) is 5.57 Å². The maximum Gasteiger partial charge on any atom is 0.278 e. The molecule has 2 aromatic rings. The van der Waals surface area contributed by atoms with Gasteiger partial charge >= 0.3 is 0 Å². The van der Waals surface area contributed by atoms with Gasteiger partial charge in [-0.05, 0) is 24.0 Å². The first-order chi connectivity index (χ1) is 16.7. The van der Waals surface area contributed by atoms with Gasteiger partial charge < -0.3 is 4.90 Å². The Bertz CT molecular complexity index is 971. The van der Waals surface area contributed by atoms with Crippen LogP contribution in [0.4, 0.5) is 0 Å². The second-order valence-corrected chi connectivity index (χ2v) is 9.82. The van der Waals surface area contributed by atoms with Crippen molar-refractivity contribution in [1.29, 1.82) is 0 Å². The van der Waals surface area contributed by atoms with Crippen LogP contribution in [0.3, 0.4) is 0 Å². The highest BCUT2D eigenvalue weighted by atomic mass is 16.2. The smallest absolute Gasteiger partial charge is 0.278 e. The third kappa shape index (κ3) is 5.78. The molecule has 2 aliphatic rings. The Balaban J connectivity index is 1.62. The van der Waals surface area contributed by atoms with Crippen molar-refractivity contribution in [2.45, 2.75) is 83.2 Å². The van der Waals surface area contributed by atoms with Crippen molar-refractivity contribution in [1.82, 2.24) is 9.80 Å². The van der Waals surface area contributed by atoms with E-state index in [1.807, 2.05) is 60.5 Å². The summed E-state index contributed by atoms with van der Waals surface area (Å²) in [5.41, 5.74) is 3.03. The lowest BCUT2D eigenvalue weighted by atomic mass is 9.96. The lowest BCUT2D eigenvalue weighted by molar-refractivity contribution is -0.140. The first-order valence-electron chi connectivity index (χ1n) is 13.1. The number of likely N-dealkylation sites (N-methyl/N-ethyl adjacent to an activating group) is 1. The van der Waals surface area contributed by atoms with Crippen LogP contribution in [0.2, 0.25) is 0 Å². The zero-order valence-electron chi connectivity index (χ0n) is 20.5. The average Bonchev–Trinajstić information content (AvgIpc) is 3.11. The fraction of sp³-hybridized carbons (Fsp3) is 0.467. The van der Waals surface area contributed by atoms with Crippen LogP contribution in [-0.4, -0.2) is 34.7 Å². The number of amides is 2. The molecule has 180 valence electrons. The molecule has 0 atom stereocenters. The van der Waals surface area contributed by atoms with Crippen LogP contribution in [0.5, 0.6) is 0 Å². The Labute approximate surface area is 204 Å². The highest BCUT2D eigenvalue weighted by Crippen LogP contribution is 2.35. The van der Waals surface area contributed by atoms with E-state index < -0.39 is 0 Å². The number of hydrogen-bond acceptors (Lipinski definition) is 3. The first kappa shape index (κ1) is 24.3. The van der Waals surface area contributed by atoms with E-state index in [9.17, 15) is 9.59 Å². The maximum atomic E-state index is 13.9. The van der Waals surface area contributed by atoms with Crippen LogP contribution in [-0.2, 0) is 16.1 Å². The van der Waals surface area contributed by atoms with Crippen LogP contribution < -0.4 is 0 Å². The molecule has 0 unspecified atom stereocenters. The van der Waals surface area contributed by atoms with Gasteiger partial charge in [0, 0.05) is 19.6 Å². The normalized spacial score (nSPS) is 19.1. The van der Waals surface area contributed by atoms with Crippen molar-refractivity contribution >= 4 is 17.4 Å². The van der Waals surface area contributed by atoms with E-state index in [0.29, 0.717) is 17.8 Å². The molecule has 4 nitrogen and oxygen atoms in total. The quantitative estimate of drug-likeness (QED) is 0.476. The first-order valence-corrected chi connectivity index (χ1v) is 13.1. The molecule has 1 heterocycles. The largest absolute Gasteiger partial charge is 0.365 e. The molecule has 1 saturated carbocycles. The van der Waals surface area contributed by atoms with Gasteiger partial charge in [-0.1, -0.05) is 118 Å². The number of benzene rings is 2. The molecule has 1 aliphatic carbocycles. The Morgan fingerprint density at radius 3 is 1.76 bits per heavy atom. The fourth-order valence-corrected chi connectivity index (χ4v) is 5.42. The monoisotopic (exact) mass is 458 g/mol. The minimum absolute atomic E-state index is 0.0132. The van der Waals surface area contributed by atoms with Crippen molar-refractivity contribution in [3.63, 3.8) is 0 Å². The second-order valence-electron chi connectivity index (χ2n) is 9.82. The molecule has 1 fully saturated rings. The van der Waals surface area contributed by atoms with Crippen LogP contribution >= 0.6 is 0 Å². The molecular formula is C30H38N2O2. The summed E-state index contributed by atoms with van der Waals surface area (Å²) in [6, 6.07) is 19.8. The summed E-state index contributed by atoms with van der Waals surface area (Å²) in [5, 5.41) is 0. The van der Waals surface area contributed by atoms with Gasteiger partial charge in [0.2, 0.25) is 0 Å². The number of carbonyl (C=O) groups excluding carboxylic acids is 2. The van der Waals surface area contributed by atoms with Gasteiger partial charge in [-0.3, -0.25) is 14.5 Å². The fourth-order valence-electron chi connectivity index (χ4n) is 5.42. The Hall–Kier alpha value is -2.88. The molecule has 1 aliphatic heterocycles. The van der Waals surface area contributed by atoms with Crippen LogP contribution in [0, 0.1) is 0 Å². The number of nitrogens with zero attached hydrogens (tertiary/aromatic N) is 2. The van der Waals surface area contributed by atoms with Gasteiger partial charge in [-0.25, -0.2) is 0 Å². The highest BCUT2D eigenvalue weighted by molar-refractivity contribution is 6.35. The van der Waals surface area contributed by atoms with E-state index in [1.54, 1.807) is 4.90 Å². The maximum absolute atomic E-state index is 13.9. The average molecular weight is 459 g/mol. The highest BCUT2D eigenvalue weighted by Gasteiger charge is 2.43. The van der Waals surface area contributed by atoms with Crippen LogP contribution in [0.1, 0.15) is 81.8 Å². The molecule has 0 aromatic heterocycles. The van der Waals surface area contributed by atoms with Gasteiger partial charge in [0.15, 0.2) is 0 Å². The molecule has 4 heteroatoms. The summed E-state index contributed by atoms with van der Waals surface area (Å²) in [5.74, 6) is -0.248. The summed E-state index contributed by atoms with van der Waals surface area (Å²) in [4.78, 5) is 31.4. The Morgan fingerprint density at radius 1 is 0.706 bits per heavy atom. The summed E-state index contributed by atoms with van der Waals surface area (Å²) in [6.07, 6.45) is 12.8. The van der Waals surface area contributed by atoms with E-state index in [1.165, 1.54) is 44.9 Å². The lowest BCUT2D eigenvalue weighted by Crippen LogP contribution is -2.42. The molecule has 0 bridgehead atoms. The second kappa shape index (κ2) is 12.0. The van der Waals surface area contributed by atoms with Gasteiger partial charge in [0.1, 0.15) is 5.70 Å². The summed E-state index contributed by atoms with van der Waals surface area (Å²) >= 11 is 0. The lowest BCUT2D eigenvalue weighted by Gasteiger charge is -2.28. The van der Waals surface area contributed by atoms with Crippen molar-refractivity contribution in [2.24, 2.45) is 0 Å². The molecule has 2 aromatic carbocycles. The Morgan fingerprint density at radius 2 is 1.21 bits per heavy atom. The van der Waals surface area contributed by atoms with Gasteiger partial charge in [-0.2, -0.15) is 0 Å².